The van der Waals surface area contributed by atoms with E-state index in [2.05, 4.69) is 42.9 Å². The molecule has 2 saturated heterocycles. The van der Waals surface area contributed by atoms with Crippen LogP contribution in [0, 0.1) is 0 Å². The molecule has 4 heterocycles. The maximum Gasteiger partial charge on any atom is 0.248 e. The van der Waals surface area contributed by atoms with Crippen molar-refractivity contribution in [3.05, 3.63) is 23.5 Å². The van der Waals surface area contributed by atoms with E-state index in [9.17, 15) is 9.59 Å². The van der Waals surface area contributed by atoms with Crippen LogP contribution in [0.1, 0.15) is 72.1 Å². The lowest BCUT2D eigenvalue weighted by Gasteiger charge is -2.43. The molecule has 3 aliphatic heterocycles. The molecule has 206 valence electrons. The monoisotopic (exact) mass is 517 g/mol. The van der Waals surface area contributed by atoms with E-state index in [1.807, 2.05) is 16.7 Å². The summed E-state index contributed by atoms with van der Waals surface area (Å²) in [6.45, 7) is 15.4. The molecule has 0 bridgehead atoms. The van der Waals surface area contributed by atoms with Crippen LogP contribution in [0.3, 0.4) is 0 Å². The van der Waals surface area contributed by atoms with Crippen molar-refractivity contribution < 1.29 is 18.7 Å². The standard InChI is InChI=1S/C28H44FN5O3/c1-7-9-28(6,29)24-10-23-22(12-31-24)27(4,5)18-34(23)25(35)16-32-13-19(3)30-11-20(32)14-33-15-21(8-2)37-17-26(33)36/h10,12,19-21,30H,7-9,11,13-18H2,1-6H3/t19-,20-,21?,28?/m1/s1. The number of hydrogen-bond donors (Lipinski definition) is 1. The van der Waals surface area contributed by atoms with Gasteiger partial charge in [-0.05, 0) is 32.8 Å². The second kappa shape index (κ2) is 10.9. The van der Waals surface area contributed by atoms with Crippen molar-refractivity contribution in [3.8, 4) is 0 Å². The molecular weight excluding hydrogens is 473 g/mol. The highest BCUT2D eigenvalue weighted by Crippen LogP contribution is 2.42. The molecule has 0 aliphatic carbocycles. The Labute approximate surface area is 220 Å². The zero-order valence-corrected chi connectivity index (χ0v) is 23.3. The first-order valence-corrected chi connectivity index (χ1v) is 13.8. The molecule has 0 saturated carbocycles. The summed E-state index contributed by atoms with van der Waals surface area (Å²) in [5.74, 6) is 0.00469. The van der Waals surface area contributed by atoms with Crippen molar-refractivity contribution in [2.45, 2.75) is 90.1 Å². The fraction of sp³-hybridized carbons (Fsp3) is 0.750. The summed E-state index contributed by atoms with van der Waals surface area (Å²) in [5.41, 5.74) is 0.333. The van der Waals surface area contributed by atoms with Crippen molar-refractivity contribution in [2.75, 3.05) is 50.8 Å². The summed E-state index contributed by atoms with van der Waals surface area (Å²) in [7, 11) is 0. The van der Waals surface area contributed by atoms with Crippen LogP contribution in [0.15, 0.2) is 12.3 Å². The van der Waals surface area contributed by atoms with Crippen LogP contribution in [0.5, 0.6) is 0 Å². The molecule has 3 aliphatic rings. The molecule has 2 unspecified atom stereocenters. The third kappa shape index (κ3) is 5.99. The Morgan fingerprint density at radius 1 is 1.32 bits per heavy atom. The van der Waals surface area contributed by atoms with Crippen LogP contribution in [-0.2, 0) is 25.4 Å². The minimum Gasteiger partial charge on any atom is -0.367 e. The highest BCUT2D eigenvalue weighted by atomic mass is 19.1. The van der Waals surface area contributed by atoms with Gasteiger partial charge >= 0.3 is 0 Å². The Morgan fingerprint density at radius 2 is 2.08 bits per heavy atom. The van der Waals surface area contributed by atoms with E-state index in [0.29, 0.717) is 44.7 Å². The maximum absolute atomic E-state index is 15.4. The molecule has 0 spiro atoms. The molecule has 1 aromatic rings. The van der Waals surface area contributed by atoms with Gasteiger partial charge in [0.15, 0.2) is 0 Å². The molecule has 4 atom stereocenters. The van der Waals surface area contributed by atoms with E-state index >= 15 is 4.39 Å². The maximum atomic E-state index is 15.4. The van der Waals surface area contributed by atoms with Gasteiger partial charge in [-0.1, -0.05) is 34.1 Å². The largest absolute Gasteiger partial charge is 0.367 e. The first kappa shape index (κ1) is 27.9. The van der Waals surface area contributed by atoms with E-state index in [1.54, 1.807) is 19.2 Å². The van der Waals surface area contributed by atoms with Crippen LogP contribution >= 0.6 is 0 Å². The number of hydrogen-bond acceptors (Lipinski definition) is 6. The number of carbonyl (C=O) groups is 2. The van der Waals surface area contributed by atoms with Gasteiger partial charge in [-0.3, -0.25) is 19.5 Å². The predicted octanol–water partition coefficient (Wildman–Crippen LogP) is 2.99. The summed E-state index contributed by atoms with van der Waals surface area (Å²) in [6, 6.07) is 2.06. The SMILES string of the molecule is CCCC(C)(F)c1cc2c(cn1)C(C)(C)CN2C(=O)CN1C[C@@H](C)NC[C@@H]1CN1CC(CC)OCC1=O. The first-order chi connectivity index (χ1) is 17.4. The van der Waals surface area contributed by atoms with E-state index in [4.69, 9.17) is 4.74 Å². The van der Waals surface area contributed by atoms with Crippen LogP contribution < -0.4 is 10.2 Å². The van der Waals surface area contributed by atoms with Crippen LogP contribution in [-0.4, -0.2) is 90.7 Å². The van der Waals surface area contributed by atoms with Gasteiger partial charge in [-0.15, -0.1) is 0 Å². The van der Waals surface area contributed by atoms with Gasteiger partial charge in [0.1, 0.15) is 12.3 Å². The molecular formula is C28H44FN5O3. The second-order valence-electron chi connectivity index (χ2n) is 11.9. The van der Waals surface area contributed by atoms with Crippen LogP contribution in [0.25, 0.3) is 0 Å². The molecule has 9 heteroatoms. The fourth-order valence-electron chi connectivity index (χ4n) is 5.88. The highest BCUT2D eigenvalue weighted by Gasteiger charge is 2.41. The zero-order chi connectivity index (χ0) is 27.0. The molecule has 0 radical (unpaired) electrons. The molecule has 0 aromatic carbocycles. The Morgan fingerprint density at radius 3 is 2.78 bits per heavy atom. The van der Waals surface area contributed by atoms with Gasteiger partial charge < -0.3 is 19.9 Å². The summed E-state index contributed by atoms with van der Waals surface area (Å²) < 4.78 is 21.0. The van der Waals surface area contributed by atoms with Gasteiger partial charge in [-0.2, -0.15) is 0 Å². The number of ether oxygens (including phenoxy) is 1. The van der Waals surface area contributed by atoms with Crippen molar-refractivity contribution in [1.82, 2.24) is 20.1 Å². The number of piperazine rings is 1. The summed E-state index contributed by atoms with van der Waals surface area (Å²) in [5, 5.41) is 3.51. The number of alkyl halides is 1. The van der Waals surface area contributed by atoms with Crippen molar-refractivity contribution in [2.24, 2.45) is 0 Å². The van der Waals surface area contributed by atoms with E-state index in [1.165, 1.54) is 0 Å². The Bertz CT molecular complexity index is 1000. The number of halogens is 1. The normalized spacial score (nSPS) is 27.8. The van der Waals surface area contributed by atoms with E-state index in [-0.39, 0.29) is 48.6 Å². The number of nitrogens with one attached hydrogen (secondary N) is 1. The van der Waals surface area contributed by atoms with Gasteiger partial charge in [0.2, 0.25) is 11.8 Å². The molecule has 8 nitrogen and oxygen atoms in total. The predicted molar refractivity (Wildman–Crippen MR) is 142 cm³/mol. The van der Waals surface area contributed by atoms with E-state index < -0.39 is 5.67 Å². The second-order valence-corrected chi connectivity index (χ2v) is 11.9. The summed E-state index contributed by atoms with van der Waals surface area (Å²) in [6.07, 6.45) is 3.78. The zero-order valence-electron chi connectivity index (χ0n) is 23.3. The number of amides is 2. The Balaban J connectivity index is 1.53. The lowest BCUT2D eigenvalue weighted by Crippen LogP contribution is -2.62. The molecule has 1 aromatic heterocycles. The molecule has 2 fully saturated rings. The third-order valence-corrected chi connectivity index (χ3v) is 8.18. The fourth-order valence-corrected chi connectivity index (χ4v) is 5.88. The average molecular weight is 518 g/mol. The number of pyridine rings is 1. The van der Waals surface area contributed by atoms with Crippen molar-refractivity contribution in [3.63, 3.8) is 0 Å². The minimum absolute atomic E-state index is 0.00105. The highest BCUT2D eigenvalue weighted by molar-refractivity contribution is 5.97. The number of carbonyl (C=O) groups excluding carboxylic acids is 2. The quantitative estimate of drug-likeness (QED) is 0.571. The Hall–Kier alpha value is -2.10. The van der Waals surface area contributed by atoms with Crippen LogP contribution in [0.2, 0.25) is 0 Å². The van der Waals surface area contributed by atoms with Crippen LogP contribution in [0.4, 0.5) is 10.1 Å². The number of rotatable bonds is 8. The topological polar surface area (TPSA) is 78.0 Å². The number of fused-ring (bicyclic) bond motifs is 1. The van der Waals surface area contributed by atoms with Gasteiger partial charge in [0.05, 0.1) is 24.0 Å². The van der Waals surface area contributed by atoms with Gasteiger partial charge in [0, 0.05) is 62.0 Å². The van der Waals surface area contributed by atoms with Gasteiger partial charge in [-0.25, -0.2) is 4.39 Å². The molecule has 1 N–H and O–H groups in total. The van der Waals surface area contributed by atoms with Crippen molar-refractivity contribution >= 4 is 17.5 Å². The number of morpholine rings is 1. The molecule has 37 heavy (non-hydrogen) atoms. The first-order valence-electron chi connectivity index (χ1n) is 13.8. The summed E-state index contributed by atoms with van der Waals surface area (Å²) >= 11 is 0. The molecule has 2 amide bonds. The van der Waals surface area contributed by atoms with Crippen molar-refractivity contribution in [1.29, 1.82) is 0 Å². The van der Waals surface area contributed by atoms with E-state index in [0.717, 1.165) is 24.2 Å². The number of nitrogens with zero attached hydrogens (tertiary/aromatic N) is 4. The third-order valence-electron chi connectivity index (χ3n) is 8.18. The number of anilines is 1. The summed E-state index contributed by atoms with van der Waals surface area (Å²) in [4.78, 5) is 36.7. The lowest BCUT2D eigenvalue weighted by molar-refractivity contribution is -0.150. The lowest BCUT2D eigenvalue weighted by atomic mass is 9.87. The van der Waals surface area contributed by atoms with Gasteiger partial charge in [0.25, 0.3) is 0 Å². The number of aromatic nitrogens is 1. The Kier molecular flexibility index (Phi) is 8.26. The molecule has 4 rings (SSSR count). The average Bonchev–Trinajstić information content (AvgIpc) is 3.12. The smallest absolute Gasteiger partial charge is 0.248 e. The minimum atomic E-state index is -1.54.